The van der Waals surface area contributed by atoms with Crippen molar-refractivity contribution in [3.05, 3.63) is 59.0 Å². The van der Waals surface area contributed by atoms with Crippen LogP contribution in [0.5, 0.6) is 5.75 Å². The van der Waals surface area contributed by atoms with Crippen molar-refractivity contribution < 1.29 is 9.53 Å². The summed E-state index contributed by atoms with van der Waals surface area (Å²) < 4.78 is 9.47. The van der Waals surface area contributed by atoms with Crippen molar-refractivity contribution >= 4 is 33.2 Å². The highest BCUT2D eigenvalue weighted by atomic mass is 79.9. The monoisotopic (exact) mass is 440 g/mol. The number of nitrogens with zero attached hydrogens (tertiary/aromatic N) is 5. The van der Waals surface area contributed by atoms with Crippen LogP contribution in [0.4, 0.5) is 5.69 Å². The van der Waals surface area contributed by atoms with E-state index in [1.807, 2.05) is 29.9 Å². The molecule has 0 aliphatic heterocycles. The smallest absolute Gasteiger partial charge is 0.276 e. The molecule has 4 aromatic rings. The van der Waals surface area contributed by atoms with Gasteiger partial charge in [0.1, 0.15) is 11.4 Å². The first kappa shape index (κ1) is 18.2. The van der Waals surface area contributed by atoms with E-state index in [1.165, 1.54) is 0 Å². The Kier molecular flexibility index (Phi) is 4.82. The molecule has 1 aromatic carbocycles. The van der Waals surface area contributed by atoms with E-state index in [1.54, 1.807) is 42.1 Å². The fourth-order valence-electron chi connectivity index (χ4n) is 2.81. The summed E-state index contributed by atoms with van der Waals surface area (Å²) in [5, 5.41) is 11.8. The molecule has 3 aromatic heterocycles. The summed E-state index contributed by atoms with van der Waals surface area (Å²) in [6.45, 7) is 2.76. The van der Waals surface area contributed by atoms with Crippen molar-refractivity contribution in [3.8, 4) is 17.1 Å². The fourth-order valence-corrected chi connectivity index (χ4v) is 3.33. The standard InChI is InChI=1S/C19H17BrN6O2/c1-3-25-11-14(20)18(24-25)16-7-8-21-17-10-15(23-26(16)17)19(27)22-12-5-4-6-13(9-12)28-2/h4-11H,3H2,1-2H3,(H,22,27). The van der Waals surface area contributed by atoms with Crippen molar-refractivity contribution in [1.29, 1.82) is 0 Å². The fraction of sp³-hybridized carbons (Fsp3) is 0.158. The predicted octanol–water partition coefficient (Wildman–Crippen LogP) is 3.64. The van der Waals surface area contributed by atoms with E-state index < -0.39 is 0 Å². The molecule has 0 bridgehead atoms. The minimum Gasteiger partial charge on any atom is -0.497 e. The zero-order chi connectivity index (χ0) is 19.7. The Labute approximate surface area is 169 Å². The summed E-state index contributed by atoms with van der Waals surface area (Å²) in [6, 6.07) is 10.6. The topological polar surface area (TPSA) is 86.3 Å². The molecule has 8 nitrogen and oxygen atoms in total. The number of hydrogen-bond acceptors (Lipinski definition) is 5. The summed E-state index contributed by atoms with van der Waals surface area (Å²) in [5.41, 5.74) is 2.92. The van der Waals surface area contributed by atoms with Crippen LogP contribution in [0.2, 0.25) is 0 Å². The Balaban J connectivity index is 1.69. The van der Waals surface area contributed by atoms with Gasteiger partial charge in [-0.2, -0.15) is 10.2 Å². The van der Waals surface area contributed by atoms with Gasteiger partial charge in [0.15, 0.2) is 11.3 Å². The molecule has 0 aliphatic rings. The lowest BCUT2D eigenvalue weighted by Gasteiger charge is -2.05. The number of carbonyl (C=O) groups is 1. The van der Waals surface area contributed by atoms with Crippen LogP contribution in [0.15, 0.2) is 53.3 Å². The summed E-state index contributed by atoms with van der Waals surface area (Å²) in [5.74, 6) is 0.330. The third-order valence-corrected chi connectivity index (χ3v) is 4.78. The van der Waals surface area contributed by atoms with Gasteiger partial charge in [0.2, 0.25) is 0 Å². The van der Waals surface area contributed by atoms with Crippen LogP contribution >= 0.6 is 15.9 Å². The second-order valence-corrected chi connectivity index (χ2v) is 6.85. The van der Waals surface area contributed by atoms with E-state index in [0.29, 0.717) is 17.1 Å². The predicted molar refractivity (Wildman–Crippen MR) is 109 cm³/mol. The lowest BCUT2D eigenvalue weighted by Crippen LogP contribution is -2.12. The van der Waals surface area contributed by atoms with Gasteiger partial charge in [-0.1, -0.05) is 6.07 Å². The molecule has 28 heavy (non-hydrogen) atoms. The summed E-state index contributed by atoms with van der Waals surface area (Å²) >= 11 is 3.54. The van der Waals surface area contributed by atoms with Gasteiger partial charge in [-0.15, -0.1) is 0 Å². The van der Waals surface area contributed by atoms with Crippen molar-refractivity contribution in [3.63, 3.8) is 0 Å². The SMILES string of the molecule is CCn1cc(Br)c(-c2ccnc3cc(C(=O)Nc4cccc(OC)c4)nn23)n1. The largest absolute Gasteiger partial charge is 0.497 e. The van der Waals surface area contributed by atoms with Gasteiger partial charge in [0, 0.05) is 36.8 Å². The van der Waals surface area contributed by atoms with E-state index in [4.69, 9.17) is 4.74 Å². The summed E-state index contributed by atoms with van der Waals surface area (Å²) in [4.78, 5) is 17.0. The molecular weight excluding hydrogens is 424 g/mol. The molecule has 142 valence electrons. The van der Waals surface area contributed by atoms with E-state index in [9.17, 15) is 4.79 Å². The molecule has 0 radical (unpaired) electrons. The third-order valence-electron chi connectivity index (χ3n) is 4.20. The highest BCUT2D eigenvalue weighted by Gasteiger charge is 2.17. The number of benzene rings is 1. The number of methoxy groups -OCH3 is 1. The van der Waals surface area contributed by atoms with Crippen LogP contribution in [0, 0.1) is 0 Å². The van der Waals surface area contributed by atoms with Gasteiger partial charge >= 0.3 is 0 Å². The minimum absolute atomic E-state index is 0.258. The molecule has 0 saturated carbocycles. The molecule has 0 atom stereocenters. The van der Waals surface area contributed by atoms with Gasteiger partial charge in [-0.3, -0.25) is 9.48 Å². The summed E-state index contributed by atoms with van der Waals surface area (Å²) in [6.07, 6.45) is 3.58. The van der Waals surface area contributed by atoms with Gasteiger partial charge in [-0.05, 0) is 41.1 Å². The number of aryl methyl sites for hydroxylation is 1. The first-order valence-corrected chi connectivity index (χ1v) is 9.42. The average molecular weight is 441 g/mol. The normalized spacial score (nSPS) is 11.0. The molecule has 0 spiro atoms. The molecule has 0 fully saturated rings. The number of aromatic nitrogens is 5. The van der Waals surface area contributed by atoms with Gasteiger partial charge < -0.3 is 10.1 Å². The Hall–Kier alpha value is -3.20. The maximum Gasteiger partial charge on any atom is 0.276 e. The lowest BCUT2D eigenvalue weighted by atomic mass is 10.3. The van der Waals surface area contributed by atoms with Crippen LogP contribution in [0.3, 0.4) is 0 Å². The zero-order valence-electron chi connectivity index (χ0n) is 15.3. The molecule has 1 amide bonds. The van der Waals surface area contributed by atoms with E-state index >= 15 is 0 Å². The Morgan fingerprint density at radius 1 is 1.25 bits per heavy atom. The zero-order valence-corrected chi connectivity index (χ0v) is 16.8. The number of amides is 1. The van der Waals surface area contributed by atoms with E-state index in [2.05, 4.69) is 36.4 Å². The van der Waals surface area contributed by atoms with Crippen molar-refractivity contribution in [2.24, 2.45) is 0 Å². The molecular formula is C19H17BrN6O2. The Morgan fingerprint density at radius 3 is 2.86 bits per heavy atom. The number of anilines is 1. The molecule has 4 rings (SSSR count). The van der Waals surface area contributed by atoms with Crippen molar-refractivity contribution in [2.45, 2.75) is 13.5 Å². The molecule has 0 aliphatic carbocycles. The second kappa shape index (κ2) is 7.43. The lowest BCUT2D eigenvalue weighted by molar-refractivity contribution is 0.102. The Morgan fingerprint density at radius 2 is 2.11 bits per heavy atom. The third kappa shape index (κ3) is 3.36. The second-order valence-electron chi connectivity index (χ2n) is 6.00. The van der Waals surface area contributed by atoms with Crippen LogP contribution < -0.4 is 10.1 Å². The molecule has 0 saturated heterocycles. The maximum absolute atomic E-state index is 12.7. The first-order chi connectivity index (χ1) is 13.6. The van der Waals surface area contributed by atoms with Crippen molar-refractivity contribution in [2.75, 3.05) is 12.4 Å². The molecule has 1 N–H and O–H groups in total. The van der Waals surface area contributed by atoms with Gasteiger partial charge in [0.25, 0.3) is 5.91 Å². The van der Waals surface area contributed by atoms with Crippen LogP contribution in [-0.4, -0.2) is 37.4 Å². The number of fused-ring (bicyclic) bond motifs is 1. The average Bonchev–Trinajstić information content (AvgIpc) is 3.31. The number of ether oxygens (including phenoxy) is 1. The van der Waals surface area contributed by atoms with Crippen LogP contribution in [0.1, 0.15) is 17.4 Å². The van der Waals surface area contributed by atoms with E-state index in [0.717, 1.165) is 22.4 Å². The molecule has 9 heteroatoms. The number of halogens is 1. The quantitative estimate of drug-likeness (QED) is 0.511. The number of carbonyl (C=O) groups excluding carboxylic acids is 1. The Bertz CT molecular complexity index is 1170. The number of rotatable bonds is 5. The van der Waals surface area contributed by atoms with Crippen LogP contribution in [-0.2, 0) is 6.54 Å². The minimum atomic E-state index is -0.331. The highest BCUT2D eigenvalue weighted by molar-refractivity contribution is 9.10. The van der Waals surface area contributed by atoms with Crippen molar-refractivity contribution in [1.82, 2.24) is 24.4 Å². The maximum atomic E-state index is 12.7. The van der Waals surface area contributed by atoms with Gasteiger partial charge in [-0.25, -0.2) is 9.50 Å². The highest BCUT2D eigenvalue weighted by Crippen LogP contribution is 2.27. The number of nitrogens with one attached hydrogen (secondary N) is 1. The van der Waals surface area contributed by atoms with E-state index in [-0.39, 0.29) is 11.6 Å². The van der Waals surface area contributed by atoms with Crippen LogP contribution in [0.25, 0.3) is 17.0 Å². The molecule has 0 unspecified atom stereocenters. The first-order valence-electron chi connectivity index (χ1n) is 8.62. The number of hydrogen-bond donors (Lipinski definition) is 1. The van der Waals surface area contributed by atoms with Gasteiger partial charge in [0.05, 0.1) is 17.3 Å². The molecule has 3 heterocycles. The summed E-state index contributed by atoms with van der Waals surface area (Å²) in [7, 11) is 1.58.